The minimum Gasteiger partial charge on any atom is -0.507 e. The van der Waals surface area contributed by atoms with Gasteiger partial charge in [0, 0.05) is 37.9 Å². The number of halogens is 1. The van der Waals surface area contributed by atoms with Crippen molar-refractivity contribution in [3.63, 3.8) is 0 Å². The number of carbonyl (C=O) groups excluding carboxylic acids is 2. The number of benzene rings is 2. The first kappa shape index (κ1) is 23.3. The molecule has 1 fully saturated rings. The SMILES string of the molecule is COc1c(Cl)cc(C)cc1/C(O)=C1\C(=O)C(=O)N(c2ccc(N(C)C)cc2)C1c1cccnc1. The molecule has 7 nitrogen and oxygen atoms in total. The van der Waals surface area contributed by atoms with E-state index in [0.29, 0.717) is 11.3 Å². The molecule has 1 saturated heterocycles. The lowest BCUT2D eigenvalue weighted by atomic mass is 9.95. The van der Waals surface area contributed by atoms with Crippen LogP contribution in [0.3, 0.4) is 0 Å². The standard InChI is InChI=1S/C26H24ClN3O4/c1-15-12-19(25(34-4)20(27)13-15)23(31)21-22(16-6-5-11-28-14-16)30(26(33)24(21)32)18-9-7-17(8-10-18)29(2)3/h5-14,22,31H,1-4H3/b23-21+. The van der Waals surface area contributed by atoms with Crippen molar-refractivity contribution in [1.29, 1.82) is 0 Å². The number of carbonyl (C=O) groups is 2. The number of anilines is 2. The van der Waals surface area contributed by atoms with Gasteiger partial charge in [-0.3, -0.25) is 19.5 Å². The van der Waals surface area contributed by atoms with E-state index in [1.807, 2.05) is 38.1 Å². The van der Waals surface area contributed by atoms with Crippen molar-refractivity contribution in [2.24, 2.45) is 0 Å². The van der Waals surface area contributed by atoms with E-state index < -0.39 is 17.7 Å². The van der Waals surface area contributed by atoms with Gasteiger partial charge in [-0.05, 0) is 60.5 Å². The van der Waals surface area contributed by atoms with Crippen molar-refractivity contribution < 1.29 is 19.4 Å². The van der Waals surface area contributed by atoms with E-state index in [9.17, 15) is 14.7 Å². The minimum absolute atomic E-state index is 0.0605. The first-order valence-electron chi connectivity index (χ1n) is 10.6. The van der Waals surface area contributed by atoms with E-state index in [-0.39, 0.29) is 27.7 Å². The number of aliphatic hydroxyl groups excluding tert-OH is 1. The highest BCUT2D eigenvalue weighted by Crippen LogP contribution is 2.44. The van der Waals surface area contributed by atoms with E-state index in [4.69, 9.17) is 16.3 Å². The molecule has 3 aromatic rings. The maximum atomic E-state index is 13.3. The number of aryl methyl sites for hydroxylation is 1. The number of ether oxygens (including phenoxy) is 1. The van der Waals surface area contributed by atoms with Crippen LogP contribution in [0.25, 0.3) is 5.76 Å². The van der Waals surface area contributed by atoms with Crippen LogP contribution in [0, 0.1) is 6.92 Å². The molecule has 0 bridgehead atoms. The van der Waals surface area contributed by atoms with Gasteiger partial charge >= 0.3 is 0 Å². The molecule has 1 atom stereocenters. The second kappa shape index (κ2) is 9.19. The Morgan fingerprint density at radius 3 is 2.44 bits per heavy atom. The van der Waals surface area contributed by atoms with Gasteiger partial charge in [-0.1, -0.05) is 17.7 Å². The molecule has 4 rings (SSSR count). The van der Waals surface area contributed by atoms with Crippen LogP contribution in [-0.4, -0.2) is 43.0 Å². The molecule has 1 amide bonds. The number of hydrogen-bond donors (Lipinski definition) is 1. The van der Waals surface area contributed by atoms with E-state index in [0.717, 1.165) is 11.3 Å². The zero-order valence-electron chi connectivity index (χ0n) is 19.2. The molecule has 0 radical (unpaired) electrons. The summed E-state index contributed by atoms with van der Waals surface area (Å²) in [7, 11) is 5.26. The van der Waals surface area contributed by atoms with E-state index in [1.165, 1.54) is 12.0 Å². The molecule has 1 aromatic heterocycles. The van der Waals surface area contributed by atoms with Crippen molar-refractivity contribution in [2.45, 2.75) is 13.0 Å². The summed E-state index contributed by atoms with van der Waals surface area (Å²) in [4.78, 5) is 34.1. The summed E-state index contributed by atoms with van der Waals surface area (Å²) in [5.41, 5.74) is 2.99. The predicted molar refractivity (Wildman–Crippen MR) is 133 cm³/mol. The fourth-order valence-corrected chi connectivity index (χ4v) is 4.47. The van der Waals surface area contributed by atoms with E-state index in [1.54, 1.807) is 48.8 Å². The highest BCUT2D eigenvalue weighted by molar-refractivity contribution is 6.51. The Kier molecular flexibility index (Phi) is 6.30. The van der Waals surface area contributed by atoms with Gasteiger partial charge in [0.2, 0.25) is 0 Å². The van der Waals surface area contributed by atoms with Crippen LogP contribution in [0.5, 0.6) is 5.75 Å². The van der Waals surface area contributed by atoms with Crippen LogP contribution in [-0.2, 0) is 9.59 Å². The Labute approximate surface area is 202 Å². The Morgan fingerprint density at radius 1 is 1.15 bits per heavy atom. The van der Waals surface area contributed by atoms with E-state index in [2.05, 4.69) is 4.98 Å². The zero-order valence-corrected chi connectivity index (χ0v) is 20.0. The molecule has 1 aliphatic rings. The monoisotopic (exact) mass is 477 g/mol. The minimum atomic E-state index is -0.886. The second-order valence-corrected chi connectivity index (χ2v) is 8.60. The molecule has 1 unspecified atom stereocenters. The second-order valence-electron chi connectivity index (χ2n) is 8.19. The third kappa shape index (κ3) is 3.99. The molecule has 174 valence electrons. The van der Waals surface area contributed by atoms with Crippen molar-refractivity contribution >= 4 is 40.4 Å². The predicted octanol–water partition coefficient (Wildman–Crippen LogP) is 4.74. The van der Waals surface area contributed by atoms with Crippen LogP contribution >= 0.6 is 11.6 Å². The summed E-state index contributed by atoms with van der Waals surface area (Å²) < 4.78 is 5.41. The van der Waals surface area contributed by atoms with Crippen molar-refractivity contribution in [3.8, 4) is 5.75 Å². The number of ketones is 1. The van der Waals surface area contributed by atoms with Gasteiger partial charge in [0.25, 0.3) is 11.7 Å². The number of pyridine rings is 1. The summed E-state index contributed by atoms with van der Waals surface area (Å²) in [5.74, 6) is -1.69. The number of aliphatic hydroxyl groups is 1. The van der Waals surface area contributed by atoms with Gasteiger partial charge in [-0.25, -0.2) is 0 Å². The van der Waals surface area contributed by atoms with Gasteiger partial charge < -0.3 is 14.7 Å². The summed E-state index contributed by atoms with van der Waals surface area (Å²) in [6.45, 7) is 1.81. The molecular formula is C26H24ClN3O4. The normalized spacial score (nSPS) is 17.2. The average molecular weight is 478 g/mol. The molecule has 0 spiro atoms. The largest absolute Gasteiger partial charge is 0.507 e. The topological polar surface area (TPSA) is 83.0 Å². The molecule has 34 heavy (non-hydrogen) atoms. The molecule has 8 heteroatoms. The number of methoxy groups -OCH3 is 1. The molecule has 0 aliphatic carbocycles. The molecular weight excluding hydrogens is 454 g/mol. The summed E-state index contributed by atoms with van der Waals surface area (Å²) in [6.07, 6.45) is 3.18. The van der Waals surface area contributed by atoms with Crippen LogP contribution in [0.4, 0.5) is 11.4 Å². The van der Waals surface area contributed by atoms with Gasteiger partial charge in [-0.15, -0.1) is 0 Å². The maximum Gasteiger partial charge on any atom is 0.300 e. The van der Waals surface area contributed by atoms with Crippen molar-refractivity contribution in [2.75, 3.05) is 31.0 Å². The Bertz CT molecular complexity index is 1290. The lowest BCUT2D eigenvalue weighted by Gasteiger charge is -2.26. The van der Waals surface area contributed by atoms with Gasteiger partial charge in [0.05, 0.1) is 29.3 Å². The number of amides is 1. The molecule has 1 N–H and O–H groups in total. The fourth-order valence-electron chi connectivity index (χ4n) is 4.12. The number of nitrogens with zero attached hydrogens (tertiary/aromatic N) is 3. The average Bonchev–Trinajstić information content (AvgIpc) is 3.09. The third-order valence-electron chi connectivity index (χ3n) is 5.74. The summed E-state index contributed by atoms with van der Waals surface area (Å²) in [6, 6.07) is 13.2. The fraction of sp³-hybridized carbons (Fsp3) is 0.192. The first-order chi connectivity index (χ1) is 16.2. The Morgan fingerprint density at radius 2 is 1.85 bits per heavy atom. The highest BCUT2D eigenvalue weighted by Gasteiger charge is 2.47. The lowest BCUT2D eigenvalue weighted by molar-refractivity contribution is -0.132. The number of Topliss-reactive ketones (excluding diaryl/α,β-unsaturated/α-hetero) is 1. The number of aromatic nitrogens is 1. The van der Waals surface area contributed by atoms with Crippen molar-refractivity contribution in [3.05, 3.63) is 88.2 Å². The van der Waals surface area contributed by atoms with E-state index >= 15 is 0 Å². The smallest absolute Gasteiger partial charge is 0.300 e. The van der Waals surface area contributed by atoms with Gasteiger partial charge in [0.15, 0.2) is 0 Å². The first-order valence-corrected chi connectivity index (χ1v) is 10.9. The lowest BCUT2D eigenvalue weighted by Crippen LogP contribution is -2.29. The summed E-state index contributed by atoms with van der Waals surface area (Å²) >= 11 is 6.33. The Hall–Kier alpha value is -3.84. The quantitative estimate of drug-likeness (QED) is 0.324. The molecule has 0 saturated carbocycles. The zero-order chi connectivity index (χ0) is 24.6. The third-order valence-corrected chi connectivity index (χ3v) is 6.02. The van der Waals surface area contributed by atoms with Crippen molar-refractivity contribution in [1.82, 2.24) is 4.98 Å². The number of hydrogen-bond acceptors (Lipinski definition) is 6. The van der Waals surface area contributed by atoms with Gasteiger partial charge in [-0.2, -0.15) is 0 Å². The van der Waals surface area contributed by atoms with Crippen LogP contribution in [0.1, 0.15) is 22.7 Å². The van der Waals surface area contributed by atoms with Gasteiger partial charge in [0.1, 0.15) is 11.5 Å². The molecule has 2 aromatic carbocycles. The number of rotatable bonds is 5. The highest BCUT2D eigenvalue weighted by atomic mass is 35.5. The molecule has 2 heterocycles. The Balaban J connectivity index is 1.96. The maximum absolute atomic E-state index is 13.3. The molecule has 1 aliphatic heterocycles. The van der Waals surface area contributed by atoms with Crippen LogP contribution in [0.15, 0.2) is 66.5 Å². The van der Waals surface area contributed by atoms with Crippen LogP contribution < -0.4 is 14.5 Å². The van der Waals surface area contributed by atoms with Crippen LogP contribution in [0.2, 0.25) is 5.02 Å². The summed E-state index contributed by atoms with van der Waals surface area (Å²) in [5, 5.41) is 11.7.